The van der Waals surface area contributed by atoms with Crippen molar-refractivity contribution in [3.63, 3.8) is 0 Å². The Bertz CT molecular complexity index is 589. The predicted octanol–water partition coefficient (Wildman–Crippen LogP) is 4.23. The minimum Gasteiger partial charge on any atom is -0.374 e. The minimum atomic E-state index is 0.445. The fourth-order valence-corrected chi connectivity index (χ4v) is 4.06. The predicted molar refractivity (Wildman–Crippen MR) is 92.2 cm³/mol. The average molecular weight is 300 g/mol. The van der Waals surface area contributed by atoms with Crippen LogP contribution in [0.25, 0.3) is 0 Å². The number of nitrogens with one attached hydrogen (secondary N) is 1. The van der Waals surface area contributed by atoms with Crippen LogP contribution in [-0.4, -0.2) is 13.6 Å². The highest BCUT2D eigenvalue weighted by molar-refractivity contribution is 7.10. The second-order valence-corrected chi connectivity index (χ2v) is 7.23. The molecule has 0 fully saturated rings. The number of hydrogen-bond donors (Lipinski definition) is 1. The van der Waals surface area contributed by atoms with Gasteiger partial charge in [-0.3, -0.25) is 0 Å². The van der Waals surface area contributed by atoms with Crippen LogP contribution in [0.4, 0.5) is 5.69 Å². The molecule has 0 aliphatic carbocycles. The van der Waals surface area contributed by atoms with E-state index in [1.54, 1.807) is 0 Å². The van der Waals surface area contributed by atoms with Crippen molar-refractivity contribution in [3.8, 4) is 0 Å². The molecule has 1 aliphatic heterocycles. The summed E-state index contributed by atoms with van der Waals surface area (Å²) in [5, 5.41) is 5.90. The molecule has 1 aromatic carbocycles. The first-order valence-electron chi connectivity index (χ1n) is 7.75. The summed E-state index contributed by atoms with van der Waals surface area (Å²) in [6.07, 6.45) is 1.18. The number of hydrogen-bond acceptors (Lipinski definition) is 3. The highest BCUT2D eigenvalue weighted by atomic mass is 32.1. The summed E-state index contributed by atoms with van der Waals surface area (Å²) in [7, 11) is 2.18. The van der Waals surface area contributed by atoms with E-state index in [-0.39, 0.29) is 0 Å². The number of thiophene rings is 1. The number of likely N-dealkylation sites (N-methyl/N-ethyl adjacent to an activating group) is 1. The maximum absolute atomic E-state index is 3.74. The summed E-state index contributed by atoms with van der Waals surface area (Å²) in [5.74, 6) is 0.601. The molecular formula is C18H24N2S. The fraction of sp³-hybridized carbons (Fsp3) is 0.444. The second-order valence-electron chi connectivity index (χ2n) is 6.25. The Morgan fingerprint density at radius 1 is 1.29 bits per heavy atom. The molecule has 1 aromatic heterocycles. The number of nitrogens with zero attached hydrogens (tertiary/aromatic N) is 1. The Balaban J connectivity index is 1.69. The molecule has 2 nitrogen and oxygen atoms in total. The van der Waals surface area contributed by atoms with Gasteiger partial charge in [0.2, 0.25) is 0 Å². The van der Waals surface area contributed by atoms with Crippen LogP contribution >= 0.6 is 11.3 Å². The average Bonchev–Trinajstić information content (AvgIpc) is 3.09. The number of benzene rings is 1. The van der Waals surface area contributed by atoms with Crippen LogP contribution in [0.15, 0.2) is 35.7 Å². The zero-order valence-corrected chi connectivity index (χ0v) is 13.9. The summed E-state index contributed by atoms with van der Waals surface area (Å²) in [4.78, 5) is 3.78. The van der Waals surface area contributed by atoms with E-state index < -0.39 is 0 Å². The topological polar surface area (TPSA) is 15.3 Å². The molecule has 0 radical (unpaired) electrons. The second kappa shape index (κ2) is 6.20. The monoisotopic (exact) mass is 300 g/mol. The van der Waals surface area contributed by atoms with Crippen molar-refractivity contribution >= 4 is 17.0 Å². The van der Waals surface area contributed by atoms with Crippen LogP contribution in [0, 0.1) is 5.92 Å². The zero-order valence-electron chi connectivity index (χ0n) is 13.1. The van der Waals surface area contributed by atoms with Crippen molar-refractivity contribution in [2.45, 2.75) is 32.9 Å². The van der Waals surface area contributed by atoms with E-state index in [1.165, 1.54) is 28.1 Å². The van der Waals surface area contributed by atoms with Gasteiger partial charge in [-0.1, -0.05) is 32.0 Å². The molecule has 1 N–H and O–H groups in total. The Hall–Kier alpha value is -1.32. The molecule has 112 valence electrons. The normalized spacial score (nSPS) is 15.5. The molecule has 1 atom stereocenters. The first-order valence-corrected chi connectivity index (χ1v) is 8.63. The third-order valence-corrected chi connectivity index (χ3v) is 5.27. The summed E-state index contributed by atoms with van der Waals surface area (Å²) < 4.78 is 0. The van der Waals surface area contributed by atoms with Crippen molar-refractivity contribution < 1.29 is 0 Å². The van der Waals surface area contributed by atoms with E-state index in [0.29, 0.717) is 12.0 Å². The lowest BCUT2D eigenvalue weighted by molar-refractivity contribution is 0.416. The van der Waals surface area contributed by atoms with E-state index in [4.69, 9.17) is 0 Å². The summed E-state index contributed by atoms with van der Waals surface area (Å²) in [5.41, 5.74) is 4.29. The van der Waals surface area contributed by atoms with Crippen LogP contribution in [-0.2, 0) is 13.0 Å². The molecule has 3 heteroatoms. The van der Waals surface area contributed by atoms with Crippen molar-refractivity contribution in [3.05, 3.63) is 51.7 Å². The van der Waals surface area contributed by atoms with Crippen LogP contribution in [0.2, 0.25) is 0 Å². The Labute approximate surface area is 131 Å². The molecule has 2 heterocycles. The van der Waals surface area contributed by atoms with Gasteiger partial charge in [0, 0.05) is 36.7 Å². The van der Waals surface area contributed by atoms with Gasteiger partial charge in [0.25, 0.3) is 0 Å². The minimum absolute atomic E-state index is 0.445. The fourth-order valence-electron chi connectivity index (χ4n) is 3.09. The smallest absolute Gasteiger partial charge is 0.0440 e. The van der Waals surface area contributed by atoms with Gasteiger partial charge in [0.05, 0.1) is 0 Å². The highest BCUT2D eigenvalue weighted by Crippen LogP contribution is 2.29. The van der Waals surface area contributed by atoms with Gasteiger partial charge in [-0.05, 0) is 41.0 Å². The van der Waals surface area contributed by atoms with Gasteiger partial charge in [-0.25, -0.2) is 0 Å². The Kier molecular flexibility index (Phi) is 4.32. The third kappa shape index (κ3) is 3.14. The third-order valence-electron chi connectivity index (χ3n) is 4.31. The molecule has 3 rings (SSSR count). The molecule has 0 amide bonds. The number of rotatable bonds is 5. The summed E-state index contributed by atoms with van der Waals surface area (Å²) in [6, 6.07) is 11.7. The van der Waals surface area contributed by atoms with Gasteiger partial charge in [0.1, 0.15) is 0 Å². The molecule has 2 aromatic rings. The lowest BCUT2D eigenvalue weighted by atomic mass is 10.0. The van der Waals surface area contributed by atoms with E-state index in [0.717, 1.165) is 13.1 Å². The standard InChI is InChI=1S/C18H24N2S/c1-13(2)18(17-5-4-10-21-17)19-12-14-6-7-16-15(11-14)8-9-20(16)3/h4-7,10-11,13,18-19H,8-9,12H2,1-3H3. The molecule has 0 spiro atoms. The SMILES string of the molecule is CC(C)C(NCc1ccc2c(c1)CCN2C)c1cccs1. The van der Waals surface area contributed by atoms with Crippen molar-refractivity contribution in [2.75, 3.05) is 18.5 Å². The summed E-state index contributed by atoms with van der Waals surface area (Å²) >= 11 is 1.85. The van der Waals surface area contributed by atoms with Gasteiger partial charge in [-0.15, -0.1) is 11.3 Å². The van der Waals surface area contributed by atoms with Crippen LogP contribution in [0.5, 0.6) is 0 Å². The van der Waals surface area contributed by atoms with E-state index in [9.17, 15) is 0 Å². The molecule has 0 saturated heterocycles. The van der Waals surface area contributed by atoms with Crippen LogP contribution < -0.4 is 10.2 Å². The zero-order chi connectivity index (χ0) is 14.8. The van der Waals surface area contributed by atoms with Gasteiger partial charge >= 0.3 is 0 Å². The molecule has 0 bridgehead atoms. The van der Waals surface area contributed by atoms with E-state index in [1.807, 2.05) is 11.3 Å². The lowest BCUT2D eigenvalue weighted by Crippen LogP contribution is -2.24. The lowest BCUT2D eigenvalue weighted by Gasteiger charge is -2.21. The first kappa shape index (κ1) is 14.6. The van der Waals surface area contributed by atoms with Gasteiger partial charge in [0.15, 0.2) is 0 Å². The van der Waals surface area contributed by atoms with Crippen LogP contribution in [0.3, 0.4) is 0 Å². The van der Waals surface area contributed by atoms with Crippen molar-refractivity contribution in [2.24, 2.45) is 5.92 Å². The molecule has 1 aliphatic rings. The molecule has 1 unspecified atom stereocenters. The maximum Gasteiger partial charge on any atom is 0.0440 e. The molecular weight excluding hydrogens is 276 g/mol. The van der Waals surface area contributed by atoms with Crippen molar-refractivity contribution in [1.29, 1.82) is 0 Å². The van der Waals surface area contributed by atoms with E-state index in [2.05, 4.69) is 66.8 Å². The molecule has 21 heavy (non-hydrogen) atoms. The maximum atomic E-state index is 3.74. The molecule has 0 saturated carbocycles. The first-order chi connectivity index (χ1) is 10.1. The number of anilines is 1. The quantitative estimate of drug-likeness (QED) is 0.889. The van der Waals surface area contributed by atoms with E-state index >= 15 is 0 Å². The Morgan fingerprint density at radius 2 is 2.14 bits per heavy atom. The summed E-state index contributed by atoms with van der Waals surface area (Å²) in [6.45, 7) is 6.66. The van der Waals surface area contributed by atoms with Crippen molar-refractivity contribution in [1.82, 2.24) is 5.32 Å². The largest absolute Gasteiger partial charge is 0.374 e. The number of fused-ring (bicyclic) bond motifs is 1. The Morgan fingerprint density at radius 3 is 2.86 bits per heavy atom. The van der Waals surface area contributed by atoms with Crippen LogP contribution in [0.1, 0.15) is 35.9 Å². The van der Waals surface area contributed by atoms with Gasteiger partial charge < -0.3 is 10.2 Å². The highest BCUT2D eigenvalue weighted by Gasteiger charge is 2.18. The van der Waals surface area contributed by atoms with Gasteiger partial charge in [-0.2, -0.15) is 0 Å².